The fraction of sp³-hybridized carbons (Fsp3) is 0.333. The molecule has 0 spiro atoms. The lowest BCUT2D eigenvalue weighted by Gasteiger charge is -2.39. The largest absolute Gasteiger partial charge is 0.481 e. The highest BCUT2D eigenvalue weighted by Gasteiger charge is 2.30. The number of aromatic nitrogens is 1. The lowest BCUT2D eigenvalue weighted by molar-refractivity contribution is -0.138. The quantitative estimate of drug-likeness (QED) is 0.904. The van der Waals surface area contributed by atoms with Crippen LogP contribution >= 0.6 is 11.3 Å². The van der Waals surface area contributed by atoms with Crippen LogP contribution in [0.2, 0.25) is 0 Å². The summed E-state index contributed by atoms with van der Waals surface area (Å²) in [7, 11) is 0. The third-order valence-corrected chi connectivity index (χ3v) is 3.96. The van der Waals surface area contributed by atoms with E-state index in [1.54, 1.807) is 11.3 Å². The van der Waals surface area contributed by atoms with E-state index in [0.29, 0.717) is 0 Å². The molecule has 5 heteroatoms. The third-order valence-electron chi connectivity index (χ3n) is 3.08. The number of carbonyl (C=O) groups is 1. The second kappa shape index (κ2) is 4.00. The average Bonchev–Trinajstić information content (AvgIpc) is 2.70. The fourth-order valence-corrected chi connectivity index (χ4v) is 3.03. The Labute approximate surface area is 103 Å². The van der Waals surface area contributed by atoms with Crippen LogP contribution in [0.25, 0.3) is 10.1 Å². The van der Waals surface area contributed by atoms with Gasteiger partial charge in [0.05, 0.1) is 6.42 Å². The van der Waals surface area contributed by atoms with Crippen molar-refractivity contribution >= 4 is 33.2 Å². The standard InChI is InChI=1S/C12H12N2O2S/c15-11(16)5-8-6-14(7-8)12-9-2-4-17-10(9)1-3-13-12/h1-4,8H,5-7H2,(H,15,16). The Balaban J connectivity index is 1.78. The Bertz CT molecular complexity index is 560. The highest BCUT2D eigenvalue weighted by Crippen LogP contribution is 2.32. The maximum absolute atomic E-state index is 10.6. The normalized spacial score (nSPS) is 16.1. The highest BCUT2D eigenvalue weighted by atomic mass is 32.1. The second-order valence-electron chi connectivity index (χ2n) is 4.34. The Morgan fingerprint density at radius 1 is 1.53 bits per heavy atom. The molecule has 88 valence electrons. The number of fused-ring (bicyclic) bond motifs is 1. The van der Waals surface area contributed by atoms with Crippen molar-refractivity contribution in [1.29, 1.82) is 0 Å². The first-order chi connectivity index (χ1) is 8.24. The van der Waals surface area contributed by atoms with Crippen molar-refractivity contribution in [2.75, 3.05) is 18.0 Å². The summed E-state index contributed by atoms with van der Waals surface area (Å²) in [6.45, 7) is 1.60. The topological polar surface area (TPSA) is 53.4 Å². The predicted octanol–water partition coefficient (Wildman–Crippen LogP) is 2.21. The van der Waals surface area contributed by atoms with Gasteiger partial charge in [-0.3, -0.25) is 4.79 Å². The van der Waals surface area contributed by atoms with E-state index in [2.05, 4.69) is 21.3 Å². The first kappa shape index (κ1) is 10.5. The summed E-state index contributed by atoms with van der Waals surface area (Å²) in [5, 5.41) is 11.9. The number of carboxylic acid groups (broad SMARTS) is 1. The third kappa shape index (κ3) is 1.86. The van der Waals surface area contributed by atoms with Gasteiger partial charge < -0.3 is 10.0 Å². The van der Waals surface area contributed by atoms with Crippen molar-refractivity contribution in [3.8, 4) is 0 Å². The van der Waals surface area contributed by atoms with E-state index in [4.69, 9.17) is 5.11 Å². The minimum absolute atomic E-state index is 0.260. The molecule has 3 rings (SSSR count). The smallest absolute Gasteiger partial charge is 0.303 e. The predicted molar refractivity (Wildman–Crippen MR) is 67.6 cm³/mol. The van der Waals surface area contributed by atoms with Gasteiger partial charge in [0, 0.05) is 35.3 Å². The van der Waals surface area contributed by atoms with Crippen molar-refractivity contribution in [2.45, 2.75) is 6.42 Å². The van der Waals surface area contributed by atoms with E-state index in [1.165, 1.54) is 10.1 Å². The van der Waals surface area contributed by atoms with Gasteiger partial charge in [-0.1, -0.05) is 0 Å². The van der Waals surface area contributed by atoms with Crippen molar-refractivity contribution < 1.29 is 9.90 Å². The molecule has 1 N–H and O–H groups in total. The molecule has 0 atom stereocenters. The zero-order valence-corrected chi connectivity index (χ0v) is 9.98. The number of thiophene rings is 1. The van der Waals surface area contributed by atoms with E-state index in [1.807, 2.05) is 12.3 Å². The number of aliphatic carboxylic acids is 1. The van der Waals surface area contributed by atoms with E-state index in [0.717, 1.165) is 18.9 Å². The second-order valence-corrected chi connectivity index (χ2v) is 5.28. The summed E-state index contributed by atoms with van der Waals surface area (Å²) in [4.78, 5) is 17.1. The molecule has 0 amide bonds. The Morgan fingerprint density at radius 2 is 2.35 bits per heavy atom. The van der Waals surface area contributed by atoms with Crippen LogP contribution in [0.15, 0.2) is 23.7 Å². The van der Waals surface area contributed by atoms with E-state index in [9.17, 15) is 4.79 Å². The number of pyridine rings is 1. The molecule has 0 unspecified atom stereocenters. The zero-order chi connectivity index (χ0) is 11.8. The summed E-state index contributed by atoms with van der Waals surface area (Å²) in [6.07, 6.45) is 2.08. The summed E-state index contributed by atoms with van der Waals surface area (Å²) in [6, 6.07) is 4.09. The molecule has 1 aliphatic heterocycles. The number of nitrogens with zero attached hydrogens (tertiary/aromatic N) is 2. The van der Waals surface area contributed by atoms with Crippen LogP contribution in [0, 0.1) is 5.92 Å². The van der Waals surface area contributed by atoms with Crippen LogP contribution < -0.4 is 4.90 Å². The van der Waals surface area contributed by atoms with E-state index in [-0.39, 0.29) is 12.3 Å². The number of hydrogen-bond acceptors (Lipinski definition) is 4. The molecule has 4 nitrogen and oxygen atoms in total. The molecule has 0 aliphatic carbocycles. The Morgan fingerprint density at radius 3 is 3.12 bits per heavy atom. The Kier molecular flexibility index (Phi) is 2.48. The number of rotatable bonds is 3. The van der Waals surface area contributed by atoms with E-state index >= 15 is 0 Å². The first-order valence-corrected chi connectivity index (χ1v) is 6.41. The van der Waals surface area contributed by atoms with Crippen LogP contribution in [0.5, 0.6) is 0 Å². The van der Waals surface area contributed by atoms with Gasteiger partial charge in [-0.25, -0.2) is 4.98 Å². The van der Waals surface area contributed by atoms with E-state index < -0.39 is 5.97 Å². The first-order valence-electron chi connectivity index (χ1n) is 5.53. The Hall–Kier alpha value is -1.62. The molecular formula is C12H12N2O2S. The number of carboxylic acids is 1. The number of hydrogen-bond donors (Lipinski definition) is 1. The minimum atomic E-state index is -0.712. The zero-order valence-electron chi connectivity index (χ0n) is 9.17. The van der Waals surface area contributed by atoms with Crippen molar-refractivity contribution in [3.05, 3.63) is 23.7 Å². The highest BCUT2D eigenvalue weighted by molar-refractivity contribution is 7.17. The van der Waals surface area contributed by atoms with Gasteiger partial charge in [-0.2, -0.15) is 0 Å². The average molecular weight is 248 g/mol. The van der Waals surface area contributed by atoms with Crippen LogP contribution in [0.3, 0.4) is 0 Å². The van der Waals surface area contributed by atoms with Gasteiger partial charge in [0.15, 0.2) is 0 Å². The molecule has 1 aliphatic rings. The van der Waals surface area contributed by atoms with Crippen molar-refractivity contribution in [2.24, 2.45) is 5.92 Å². The van der Waals surface area contributed by atoms with Gasteiger partial charge in [0.1, 0.15) is 5.82 Å². The SMILES string of the molecule is O=C(O)CC1CN(c2nccc3sccc23)C1. The summed E-state index contributed by atoms with van der Waals surface area (Å²) in [5.41, 5.74) is 0. The minimum Gasteiger partial charge on any atom is -0.481 e. The molecule has 0 saturated carbocycles. The van der Waals surface area contributed by atoms with Gasteiger partial charge in [-0.15, -0.1) is 11.3 Å². The summed E-state index contributed by atoms with van der Waals surface area (Å²) < 4.78 is 1.23. The lowest BCUT2D eigenvalue weighted by Crippen LogP contribution is -2.48. The van der Waals surface area contributed by atoms with Gasteiger partial charge >= 0.3 is 5.97 Å². The molecule has 2 aromatic heterocycles. The molecule has 1 fully saturated rings. The van der Waals surface area contributed by atoms with Crippen molar-refractivity contribution in [3.63, 3.8) is 0 Å². The molecule has 17 heavy (non-hydrogen) atoms. The molecule has 3 heterocycles. The van der Waals surface area contributed by atoms with Crippen molar-refractivity contribution in [1.82, 2.24) is 4.98 Å². The van der Waals surface area contributed by atoms with Gasteiger partial charge in [-0.05, 0) is 17.5 Å². The van der Waals surface area contributed by atoms with Crippen LogP contribution in [-0.2, 0) is 4.79 Å². The molecule has 0 aromatic carbocycles. The van der Waals surface area contributed by atoms with Gasteiger partial charge in [0.25, 0.3) is 0 Å². The monoisotopic (exact) mass is 248 g/mol. The van der Waals surface area contributed by atoms with Crippen LogP contribution in [0.1, 0.15) is 6.42 Å². The van der Waals surface area contributed by atoms with Crippen LogP contribution in [-0.4, -0.2) is 29.1 Å². The maximum Gasteiger partial charge on any atom is 0.303 e. The van der Waals surface area contributed by atoms with Gasteiger partial charge in [0.2, 0.25) is 0 Å². The molecule has 0 bridgehead atoms. The molecular weight excluding hydrogens is 236 g/mol. The summed E-state index contributed by atoms with van der Waals surface area (Å²) >= 11 is 1.70. The van der Waals surface area contributed by atoms with Crippen LogP contribution in [0.4, 0.5) is 5.82 Å². The lowest BCUT2D eigenvalue weighted by atomic mass is 9.96. The fourth-order valence-electron chi connectivity index (χ4n) is 2.25. The summed E-state index contributed by atoms with van der Waals surface area (Å²) in [5.74, 6) is 0.546. The maximum atomic E-state index is 10.6. The molecule has 0 radical (unpaired) electrons. The molecule has 2 aromatic rings. The number of anilines is 1. The molecule has 1 saturated heterocycles.